The third-order valence-electron chi connectivity index (χ3n) is 3.88. The molecule has 2 aromatic heterocycles. The molecular formula is C20H15BrN4. The molecule has 122 valence electrons. The number of hydrogen-bond donors (Lipinski definition) is 1. The Bertz CT molecular complexity index is 1000. The van der Waals surface area contributed by atoms with E-state index in [0.29, 0.717) is 12.5 Å². The Morgan fingerprint density at radius 1 is 0.920 bits per heavy atom. The van der Waals surface area contributed by atoms with E-state index < -0.39 is 0 Å². The van der Waals surface area contributed by atoms with Gasteiger partial charge >= 0.3 is 0 Å². The van der Waals surface area contributed by atoms with Gasteiger partial charge in [-0.25, -0.2) is 9.97 Å². The van der Waals surface area contributed by atoms with Crippen molar-refractivity contribution in [2.75, 3.05) is 5.32 Å². The lowest BCUT2D eigenvalue weighted by Gasteiger charge is -2.11. The largest absolute Gasteiger partial charge is 0.350 e. The van der Waals surface area contributed by atoms with Crippen LogP contribution in [0.4, 0.5) is 5.95 Å². The standard InChI is InChI=1S/C20H15BrN4/c21-16-8-9-18-17(11-16)19(15-6-2-1-3-7-15)25-20(24-18)23-13-14-5-4-10-22-12-14/h1-12H,13H2,(H,23,24,25). The molecule has 0 radical (unpaired) electrons. The summed E-state index contributed by atoms with van der Waals surface area (Å²) < 4.78 is 1.01. The second kappa shape index (κ2) is 6.99. The molecule has 2 heterocycles. The van der Waals surface area contributed by atoms with Gasteiger partial charge in [-0.1, -0.05) is 52.3 Å². The van der Waals surface area contributed by atoms with E-state index in [1.807, 2.05) is 48.7 Å². The summed E-state index contributed by atoms with van der Waals surface area (Å²) in [6.45, 7) is 0.629. The van der Waals surface area contributed by atoms with Gasteiger partial charge in [0.2, 0.25) is 5.95 Å². The molecule has 0 saturated carbocycles. The van der Waals surface area contributed by atoms with Crippen LogP contribution in [0.2, 0.25) is 0 Å². The van der Waals surface area contributed by atoms with E-state index in [-0.39, 0.29) is 0 Å². The fourth-order valence-corrected chi connectivity index (χ4v) is 3.04. The molecule has 0 unspecified atom stereocenters. The minimum absolute atomic E-state index is 0.609. The number of nitrogens with zero attached hydrogens (tertiary/aromatic N) is 3. The van der Waals surface area contributed by atoms with E-state index >= 15 is 0 Å². The molecule has 0 atom stereocenters. The maximum atomic E-state index is 4.76. The van der Waals surface area contributed by atoms with E-state index in [9.17, 15) is 0 Å². The molecule has 0 aliphatic rings. The number of fused-ring (bicyclic) bond motifs is 1. The Morgan fingerprint density at radius 3 is 2.60 bits per heavy atom. The van der Waals surface area contributed by atoms with Crippen LogP contribution < -0.4 is 5.32 Å². The van der Waals surface area contributed by atoms with Crippen LogP contribution >= 0.6 is 15.9 Å². The Kier molecular flexibility index (Phi) is 4.39. The van der Waals surface area contributed by atoms with Crippen LogP contribution in [0.15, 0.2) is 77.5 Å². The molecule has 2 aromatic carbocycles. The van der Waals surface area contributed by atoms with Crippen LogP contribution in [0.3, 0.4) is 0 Å². The van der Waals surface area contributed by atoms with Crippen LogP contribution in [0.1, 0.15) is 5.56 Å². The SMILES string of the molecule is Brc1ccc2nc(NCc3cccnc3)nc(-c3ccccc3)c2c1. The highest BCUT2D eigenvalue weighted by Gasteiger charge is 2.10. The molecule has 1 N–H and O–H groups in total. The van der Waals surface area contributed by atoms with Crippen molar-refractivity contribution in [3.63, 3.8) is 0 Å². The first-order valence-electron chi connectivity index (χ1n) is 7.95. The summed E-state index contributed by atoms with van der Waals surface area (Å²) in [5.41, 5.74) is 3.98. The van der Waals surface area contributed by atoms with Gasteiger partial charge in [0, 0.05) is 34.4 Å². The summed E-state index contributed by atoms with van der Waals surface area (Å²) in [4.78, 5) is 13.6. The third kappa shape index (κ3) is 3.51. The predicted molar refractivity (Wildman–Crippen MR) is 104 cm³/mol. The molecule has 0 amide bonds. The summed E-state index contributed by atoms with van der Waals surface area (Å²) in [7, 11) is 0. The number of rotatable bonds is 4. The second-order valence-electron chi connectivity index (χ2n) is 5.64. The zero-order chi connectivity index (χ0) is 17.1. The Hall–Kier alpha value is -2.79. The van der Waals surface area contributed by atoms with Crippen LogP contribution in [-0.4, -0.2) is 15.0 Å². The lowest BCUT2D eigenvalue weighted by atomic mass is 10.1. The summed E-state index contributed by atoms with van der Waals surface area (Å²) in [5, 5.41) is 4.32. The Balaban J connectivity index is 1.77. The Labute approximate surface area is 154 Å². The number of benzene rings is 2. The predicted octanol–water partition coefficient (Wildman–Crippen LogP) is 5.07. The number of halogens is 1. The smallest absolute Gasteiger partial charge is 0.224 e. The number of anilines is 1. The second-order valence-corrected chi connectivity index (χ2v) is 6.55. The van der Waals surface area contributed by atoms with Gasteiger partial charge in [-0.2, -0.15) is 0 Å². The van der Waals surface area contributed by atoms with Gasteiger partial charge in [0.25, 0.3) is 0 Å². The molecule has 0 aliphatic heterocycles. The van der Waals surface area contributed by atoms with Crippen molar-refractivity contribution >= 4 is 32.8 Å². The maximum absolute atomic E-state index is 4.76. The highest BCUT2D eigenvalue weighted by molar-refractivity contribution is 9.10. The monoisotopic (exact) mass is 390 g/mol. The highest BCUT2D eigenvalue weighted by atomic mass is 79.9. The fourth-order valence-electron chi connectivity index (χ4n) is 2.68. The van der Waals surface area contributed by atoms with Gasteiger partial charge in [-0.3, -0.25) is 4.98 Å². The summed E-state index contributed by atoms with van der Waals surface area (Å²) in [6.07, 6.45) is 3.60. The molecule has 0 spiro atoms. The van der Waals surface area contributed by atoms with Gasteiger partial charge in [-0.15, -0.1) is 0 Å². The summed E-state index contributed by atoms with van der Waals surface area (Å²) in [6, 6.07) is 20.2. The number of nitrogens with one attached hydrogen (secondary N) is 1. The fraction of sp³-hybridized carbons (Fsp3) is 0.0500. The minimum Gasteiger partial charge on any atom is -0.350 e. The molecule has 0 fully saturated rings. The summed E-state index contributed by atoms with van der Waals surface area (Å²) in [5.74, 6) is 0.609. The number of aromatic nitrogens is 3. The first-order valence-corrected chi connectivity index (χ1v) is 8.74. The number of hydrogen-bond acceptors (Lipinski definition) is 4. The van der Waals surface area contributed by atoms with Crippen LogP contribution in [0, 0.1) is 0 Å². The van der Waals surface area contributed by atoms with Crippen LogP contribution in [0.25, 0.3) is 22.2 Å². The molecule has 0 saturated heterocycles. The van der Waals surface area contributed by atoms with E-state index in [0.717, 1.165) is 32.2 Å². The van der Waals surface area contributed by atoms with Gasteiger partial charge in [0.05, 0.1) is 11.2 Å². The average molecular weight is 391 g/mol. The van der Waals surface area contributed by atoms with Gasteiger partial charge < -0.3 is 5.32 Å². The average Bonchev–Trinajstić information content (AvgIpc) is 2.67. The molecule has 4 rings (SSSR count). The van der Waals surface area contributed by atoms with Gasteiger partial charge in [0.15, 0.2) is 0 Å². The lowest BCUT2D eigenvalue weighted by Crippen LogP contribution is -2.05. The first kappa shape index (κ1) is 15.7. The quantitative estimate of drug-likeness (QED) is 0.528. The van der Waals surface area contributed by atoms with E-state index in [2.05, 4.69) is 49.4 Å². The van der Waals surface area contributed by atoms with Crippen molar-refractivity contribution in [2.45, 2.75) is 6.54 Å². The topological polar surface area (TPSA) is 50.7 Å². The molecule has 5 heteroatoms. The minimum atomic E-state index is 0.609. The molecule has 0 bridgehead atoms. The van der Waals surface area contributed by atoms with Crippen LogP contribution in [0.5, 0.6) is 0 Å². The first-order chi connectivity index (χ1) is 12.3. The van der Waals surface area contributed by atoms with Crippen molar-refractivity contribution in [3.8, 4) is 11.3 Å². The van der Waals surface area contributed by atoms with Gasteiger partial charge in [-0.05, 0) is 29.8 Å². The van der Waals surface area contributed by atoms with Crippen molar-refractivity contribution in [3.05, 3.63) is 83.1 Å². The van der Waals surface area contributed by atoms with Crippen molar-refractivity contribution in [1.82, 2.24) is 15.0 Å². The van der Waals surface area contributed by atoms with E-state index in [1.54, 1.807) is 6.20 Å². The van der Waals surface area contributed by atoms with Crippen molar-refractivity contribution in [2.24, 2.45) is 0 Å². The lowest BCUT2D eigenvalue weighted by molar-refractivity contribution is 1.06. The van der Waals surface area contributed by atoms with Crippen molar-refractivity contribution in [1.29, 1.82) is 0 Å². The van der Waals surface area contributed by atoms with Gasteiger partial charge in [0.1, 0.15) is 0 Å². The highest BCUT2D eigenvalue weighted by Crippen LogP contribution is 2.29. The van der Waals surface area contributed by atoms with E-state index in [1.165, 1.54) is 0 Å². The van der Waals surface area contributed by atoms with Crippen LogP contribution in [-0.2, 0) is 6.54 Å². The molecular weight excluding hydrogens is 376 g/mol. The molecule has 0 aliphatic carbocycles. The number of pyridine rings is 1. The Morgan fingerprint density at radius 2 is 1.80 bits per heavy atom. The van der Waals surface area contributed by atoms with E-state index in [4.69, 9.17) is 4.98 Å². The normalized spacial score (nSPS) is 10.8. The third-order valence-corrected chi connectivity index (χ3v) is 4.37. The zero-order valence-electron chi connectivity index (χ0n) is 13.4. The zero-order valence-corrected chi connectivity index (χ0v) is 14.9. The maximum Gasteiger partial charge on any atom is 0.224 e. The van der Waals surface area contributed by atoms with Crippen molar-refractivity contribution < 1.29 is 0 Å². The molecule has 4 nitrogen and oxygen atoms in total. The molecule has 4 aromatic rings. The summed E-state index contributed by atoms with van der Waals surface area (Å²) >= 11 is 3.54. The molecule has 25 heavy (non-hydrogen) atoms.